The third-order valence-electron chi connectivity index (χ3n) is 3.17. The van der Waals surface area contributed by atoms with Gasteiger partial charge in [-0.05, 0) is 24.6 Å². The summed E-state index contributed by atoms with van der Waals surface area (Å²) in [6.07, 6.45) is 2.36. The van der Waals surface area contributed by atoms with Crippen LogP contribution in [0, 0.1) is 0 Å². The van der Waals surface area contributed by atoms with Crippen LogP contribution in [0.4, 0.5) is 0 Å². The highest BCUT2D eigenvalue weighted by Crippen LogP contribution is 2.32. The maximum Gasteiger partial charge on any atom is 0.346 e. The summed E-state index contributed by atoms with van der Waals surface area (Å²) in [7, 11) is 1.60. The fraction of sp³-hybridized carbons (Fsp3) is 0.267. The fourth-order valence-corrected chi connectivity index (χ4v) is 2.12. The van der Waals surface area contributed by atoms with Crippen molar-refractivity contribution in [3.8, 4) is 22.9 Å². The van der Waals surface area contributed by atoms with Crippen molar-refractivity contribution in [2.75, 3.05) is 13.7 Å². The molecule has 2 heterocycles. The van der Waals surface area contributed by atoms with Gasteiger partial charge in [0.05, 0.1) is 25.5 Å². The van der Waals surface area contributed by atoms with E-state index >= 15 is 0 Å². The minimum absolute atomic E-state index is 0.432. The van der Waals surface area contributed by atoms with Gasteiger partial charge in [0, 0.05) is 0 Å². The highest BCUT2D eigenvalue weighted by Gasteiger charge is 2.13. The van der Waals surface area contributed by atoms with E-state index in [1.54, 1.807) is 7.11 Å². The third kappa shape index (κ3) is 2.65. The van der Waals surface area contributed by atoms with E-state index in [0.717, 1.165) is 12.0 Å². The molecule has 0 amide bonds. The topological polar surface area (TPSA) is 92.9 Å². The van der Waals surface area contributed by atoms with Gasteiger partial charge in [0.1, 0.15) is 22.8 Å². The Bertz CT molecular complexity index is 853. The lowest BCUT2D eigenvalue weighted by atomic mass is 10.2. The number of imidazole rings is 1. The lowest BCUT2D eigenvalue weighted by Crippen LogP contribution is -2.08. The van der Waals surface area contributed by atoms with Crippen LogP contribution in [0.15, 0.2) is 29.2 Å². The quantitative estimate of drug-likeness (QED) is 0.752. The molecule has 1 aromatic carbocycles. The molecule has 22 heavy (non-hydrogen) atoms. The van der Waals surface area contributed by atoms with Gasteiger partial charge in [0.15, 0.2) is 5.65 Å². The smallest absolute Gasteiger partial charge is 0.346 e. The van der Waals surface area contributed by atoms with Crippen molar-refractivity contribution in [1.82, 2.24) is 19.9 Å². The minimum atomic E-state index is -0.432. The number of nitrogens with one attached hydrogen (secondary N) is 2. The predicted molar refractivity (Wildman–Crippen MR) is 82.3 cm³/mol. The number of rotatable bonds is 5. The molecule has 0 aliphatic rings. The second kappa shape index (κ2) is 5.88. The highest BCUT2D eigenvalue weighted by atomic mass is 16.5. The molecule has 114 valence electrons. The van der Waals surface area contributed by atoms with Gasteiger partial charge >= 0.3 is 5.69 Å². The number of hydrogen-bond acceptors (Lipinski definition) is 5. The lowest BCUT2D eigenvalue weighted by Gasteiger charge is -2.10. The van der Waals surface area contributed by atoms with Crippen LogP contribution in [0.2, 0.25) is 0 Å². The zero-order valence-electron chi connectivity index (χ0n) is 12.3. The Morgan fingerprint density at radius 3 is 2.91 bits per heavy atom. The Kier molecular flexibility index (Phi) is 3.78. The van der Waals surface area contributed by atoms with Crippen molar-refractivity contribution >= 4 is 11.2 Å². The summed E-state index contributed by atoms with van der Waals surface area (Å²) in [5, 5.41) is 0. The number of aromatic nitrogens is 4. The van der Waals surface area contributed by atoms with E-state index in [1.807, 2.05) is 25.1 Å². The molecule has 0 bridgehead atoms. The van der Waals surface area contributed by atoms with Crippen molar-refractivity contribution < 1.29 is 9.47 Å². The number of hydrogen-bond donors (Lipinski definition) is 2. The summed E-state index contributed by atoms with van der Waals surface area (Å²) >= 11 is 0. The van der Waals surface area contributed by atoms with Crippen LogP contribution < -0.4 is 15.2 Å². The molecular formula is C15H16N4O3. The molecule has 2 aromatic heterocycles. The van der Waals surface area contributed by atoms with Gasteiger partial charge in [0.25, 0.3) is 0 Å². The first-order chi connectivity index (χ1) is 10.7. The number of nitrogens with zero attached hydrogens (tertiary/aromatic N) is 2. The number of fused-ring (bicyclic) bond motifs is 1. The van der Waals surface area contributed by atoms with E-state index in [0.29, 0.717) is 35.1 Å². The SMILES string of the molecule is CCCOc1ccc(OC)cc1-c1nc2[nH]c(=O)ncc2[nH]1. The predicted octanol–water partition coefficient (Wildman–Crippen LogP) is 2.11. The average molecular weight is 300 g/mol. The second-order valence-corrected chi connectivity index (χ2v) is 4.75. The Hall–Kier alpha value is -2.83. The summed E-state index contributed by atoms with van der Waals surface area (Å²) in [5.74, 6) is 1.99. The van der Waals surface area contributed by atoms with Crippen molar-refractivity contribution in [3.05, 3.63) is 34.9 Å². The van der Waals surface area contributed by atoms with Gasteiger partial charge in [-0.25, -0.2) is 9.78 Å². The van der Waals surface area contributed by atoms with Crippen LogP contribution in [0.1, 0.15) is 13.3 Å². The molecule has 0 saturated heterocycles. The number of aromatic amines is 2. The molecule has 0 saturated carbocycles. The summed E-state index contributed by atoms with van der Waals surface area (Å²) in [5.41, 5.74) is 1.45. The van der Waals surface area contributed by atoms with Gasteiger partial charge in [-0.1, -0.05) is 6.92 Å². The maximum atomic E-state index is 11.3. The monoisotopic (exact) mass is 300 g/mol. The summed E-state index contributed by atoms with van der Waals surface area (Å²) < 4.78 is 11.0. The lowest BCUT2D eigenvalue weighted by molar-refractivity contribution is 0.318. The Morgan fingerprint density at radius 1 is 1.27 bits per heavy atom. The number of ether oxygens (including phenoxy) is 2. The molecule has 0 fully saturated rings. The normalized spacial score (nSPS) is 10.8. The van der Waals surface area contributed by atoms with E-state index < -0.39 is 5.69 Å². The molecule has 0 aliphatic heterocycles. The number of H-pyrrole nitrogens is 2. The first-order valence-electron chi connectivity index (χ1n) is 6.97. The van der Waals surface area contributed by atoms with Crippen molar-refractivity contribution in [2.24, 2.45) is 0 Å². The molecule has 0 atom stereocenters. The van der Waals surface area contributed by atoms with Gasteiger partial charge in [-0.15, -0.1) is 0 Å². The summed E-state index contributed by atoms with van der Waals surface area (Å²) in [4.78, 5) is 25.1. The van der Waals surface area contributed by atoms with Crippen LogP contribution in [0.25, 0.3) is 22.6 Å². The molecule has 0 spiro atoms. The molecule has 3 rings (SSSR count). The molecule has 0 aliphatic carbocycles. The number of methoxy groups -OCH3 is 1. The maximum absolute atomic E-state index is 11.3. The van der Waals surface area contributed by atoms with Crippen molar-refractivity contribution in [2.45, 2.75) is 13.3 Å². The van der Waals surface area contributed by atoms with Crippen molar-refractivity contribution in [1.29, 1.82) is 0 Å². The molecule has 0 radical (unpaired) electrons. The summed E-state index contributed by atoms with van der Waals surface area (Å²) in [6.45, 7) is 2.65. The number of benzene rings is 1. The van der Waals surface area contributed by atoms with Gasteiger partial charge < -0.3 is 14.5 Å². The largest absolute Gasteiger partial charge is 0.497 e. The van der Waals surface area contributed by atoms with Gasteiger partial charge in [-0.2, -0.15) is 4.98 Å². The second-order valence-electron chi connectivity index (χ2n) is 4.75. The highest BCUT2D eigenvalue weighted by molar-refractivity contribution is 5.77. The zero-order valence-corrected chi connectivity index (χ0v) is 12.3. The molecule has 0 unspecified atom stereocenters. The standard InChI is InChI=1S/C15H16N4O3/c1-3-6-22-12-5-4-9(21-2)7-10(12)13-17-11-8-16-15(20)19-14(11)18-13/h4-5,7-8H,3,6H2,1-2H3,(H2,16,17,18,19,20). The van der Waals surface area contributed by atoms with Crippen LogP contribution in [0.3, 0.4) is 0 Å². The van der Waals surface area contributed by atoms with E-state index in [9.17, 15) is 4.79 Å². The first-order valence-corrected chi connectivity index (χ1v) is 6.97. The Morgan fingerprint density at radius 2 is 2.14 bits per heavy atom. The molecule has 3 aromatic rings. The Labute approximate surface area is 126 Å². The first kappa shape index (κ1) is 14.1. The summed E-state index contributed by atoms with van der Waals surface area (Å²) in [6, 6.07) is 5.52. The van der Waals surface area contributed by atoms with E-state index in [4.69, 9.17) is 9.47 Å². The van der Waals surface area contributed by atoms with Gasteiger partial charge in [-0.3, -0.25) is 4.98 Å². The van der Waals surface area contributed by atoms with Crippen LogP contribution in [0.5, 0.6) is 11.5 Å². The Balaban J connectivity index is 2.12. The van der Waals surface area contributed by atoms with Crippen LogP contribution in [-0.2, 0) is 0 Å². The van der Waals surface area contributed by atoms with E-state index in [-0.39, 0.29) is 0 Å². The van der Waals surface area contributed by atoms with E-state index in [1.165, 1.54) is 6.20 Å². The van der Waals surface area contributed by atoms with Crippen LogP contribution >= 0.6 is 0 Å². The molecule has 2 N–H and O–H groups in total. The molecule has 7 nitrogen and oxygen atoms in total. The van der Waals surface area contributed by atoms with Crippen LogP contribution in [-0.4, -0.2) is 33.7 Å². The fourth-order valence-electron chi connectivity index (χ4n) is 2.12. The third-order valence-corrected chi connectivity index (χ3v) is 3.17. The average Bonchev–Trinajstić information content (AvgIpc) is 2.95. The van der Waals surface area contributed by atoms with Crippen molar-refractivity contribution in [3.63, 3.8) is 0 Å². The molecule has 7 heteroatoms. The van der Waals surface area contributed by atoms with Gasteiger partial charge in [0.2, 0.25) is 0 Å². The molecular weight excluding hydrogens is 284 g/mol. The minimum Gasteiger partial charge on any atom is -0.497 e. The zero-order chi connectivity index (χ0) is 15.5. The van der Waals surface area contributed by atoms with E-state index in [2.05, 4.69) is 19.9 Å².